The Morgan fingerprint density at radius 2 is 2.27 bits per heavy atom. The molecule has 1 aliphatic rings. The summed E-state index contributed by atoms with van der Waals surface area (Å²) in [6, 6.07) is 0.390. The van der Waals surface area contributed by atoms with Crippen molar-refractivity contribution in [1.82, 2.24) is 20.3 Å². The summed E-state index contributed by atoms with van der Waals surface area (Å²) in [4.78, 5) is 0. The maximum absolute atomic E-state index is 5.11. The molecule has 1 aromatic rings. The van der Waals surface area contributed by atoms with Gasteiger partial charge < -0.3 is 10.1 Å². The second kappa shape index (κ2) is 3.90. The topological polar surface area (TPSA) is 52.0 Å². The van der Waals surface area contributed by atoms with Gasteiger partial charge in [0.05, 0.1) is 25.1 Å². The molecule has 2 rings (SSSR count). The van der Waals surface area contributed by atoms with Crippen LogP contribution in [0.3, 0.4) is 0 Å². The summed E-state index contributed by atoms with van der Waals surface area (Å²) in [5, 5.41) is 11.6. The molecular weight excluding hydrogens is 192 g/mol. The molecule has 0 radical (unpaired) electrons. The van der Waals surface area contributed by atoms with E-state index in [1.54, 1.807) is 0 Å². The molecule has 15 heavy (non-hydrogen) atoms. The lowest BCUT2D eigenvalue weighted by molar-refractivity contribution is -0.0293. The Labute approximate surface area is 89.8 Å². The standard InChI is InChI=1S/C10H18N4O/c1-10(2,3)11-4-8-5-14(13-12-8)9-6-15-7-9/h5,9,11H,4,6-7H2,1-3H3. The van der Waals surface area contributed by atoms with E-state index in [2.05, 4.69) is 36.4 Å². The van der Waals surface area contributed by atoms with Gasteiger partial charge >= 0.3 is 0 Å². The fourth-order valence-electron chi connectivity index (χ4n) is 1.30. The highest BCUT2D eigenvalue weighted by atomic mass is 16.5. The van der Waals surface area contributed by atoms with E-state index >= 15 is 0 Å². The second-order valence-electron chi connectivity index (χ2n) is 4.98. The number of hydrogen-bond acceptors (Lipinski definition) is 4. The Balaban J connectivity index is 1.89. The van der Waals surface area contributed by atoms with E-state index in [-0.39, 0.29) is 5.54 Å². The first-order chi connectivity index (χ1) is 7.04. The highest BCUT2D eigenvalue weighted by Crippen LogP contribution is 2.15. The average molecular weight is 210 g/mol. The lowest BCUT2D eigenvalue weighted by atomic mass is 10.1. The van der Waals surface area contributed by atoms with Crippen molar-refractivity contribution in [3.63, 3.8) is 0 Å². The Morgan fingerprint density at radius 3 is 2.80 bits per heavy atom. The SMILES string of the molecule is CC(C)(C)NCc1cn(C2COC2)nn1. The van der Waals surface area contributed by atoms with E-state index in [0.717, 1.165) is 25.5 Å². The zero-order valence-electron chi connectivity index (χ0n) is 9.53. The van der Waals surface area contributed by atoms with Crippen molar-refractivity contribution >= 4 is 0 Å². The van der Waals surface area contributed by atoms with E-state index < -0.39 is 0 Å². The van der Waals surface area contributed by atoms with E-state index in [4.69, 9.17) is 4.74 Å². The van der Waals surface area contributed by atoms with E-state index in [1.807, 2.05) is 10.9 Å². The molecule has 0 aliphatic carbocycles. The van der Waals surface area contributed by atoms with Crippen LogP contribution in [0.25, 0.3) is 0 Å². The van der Waals surface area contributed by atoms with E-state index in [9.17, 15) is 0 Å². The number of ether oxygens (including phenoxy) is 1. The minimum atomic E-state index is 0.114. The third-order valence-corrected chi connectivity index (χ3v) is 2.35. The molecule has 0 spiro atoms. The van der Waals surface area contributed by atoms with Gasteiger partial charge in [0.25, 0.3) is 0 Å². The van der Waals surface area contributed by atoms with Gasteiger partial charge in [0.1, 0.15) is 6.04 Å². The highest BCUT2D eigenvalue weighted by Gasteiger charge is 2.21. The van der Waals surface area contributed by atoms with Crippen molar-refractivity contribution in [2.75, 3.05) is 13.2 Å². The summed E-state index contributed by atoms with van der Waals surface area (Å²) >= 11 is 0. The fraction of sp³-hybridized carbons (Fsp3) is 0.800. The molecule has 5 nitrogen and oxygen atoms in total. The number of hydrogen-bond donors (Lipinski definition) is 1. The maximum Gasteiger partial charge on any atom is 0.100 e. The number of aromatic nitrogens is 3. The third kappa shape index (κ3) is 2.76. The van der Waals surface area contributed by atoms with Crippen LogP contribution in [0.1, 0.15) is 32.5 Å². The van der Waals surface area contributed by atoms with Gasteiger partial charge in [0.2, 0.25) is 0 Å². The molecule has 0 atom stereocenters. The van der Waals surface area contributed by atoms with Gasteiger partial charge in [-0.05, 0) is 20.8 Å². The number of nitrogens with one attached hydrogen (secondary N) is 1. The van der Waals surface area contributed by atoms with Gasteiger partial charge in [-0.3, -0.25) is 0 Å². The predicted octanol–water partition coefficient (Wildman–Crippen LogP) is 0.737. The summed E-state index contributed by atoms with van der Waals surface area (Å²) in [7, 11) is 0. The summed E-state index contributed by atoms with van der Waals surface area (Å²) in [5.41, 5.74) is 1.10. The van der Waals surface area contributed by atoms with Gasteiger partial charge in [0, 0.05) is 12.1 Å². The summed E-state index contributed by atoms with van der Waals surface area (Å²) in [6.07, 6.45) is 1.99. The lowest BCUT2D eigenvalue weighted by Crippen LogP contribution is -2.35. The van der Waals surface area contributed by atoms with Crippen LogP contribution < -0.4 is 5.32 Å². The summed E-state index contributed by atoms with van der Waals surface area (Å²) in [6.45, 7) is 8.69. The molecule has 1 saturated heterocycles. The molecule has 1 fully saturated rings. The Hall–Kier alpha value is -0.940. The average Bonchev–Trinajstić information content (AvgIpc) is 2.45. The van der Waals surface area contributed by atoms with E-state index in [1.165, 1.54) is 0 Å². The molecule has 5 heteroatoms. The van der Waals surface area contributed by atoms with Gasteiger partial charge in [-0.2, -0.15) is 0 Å². The molecule has 0 aromatic carbocycles. The van der Waals surface area contributed by atoms with Crippen LogP contribution in [0, 0.1) is 0 Å². The van der Waals surface area contributed by atoms with E-state index in [0.29, 0.717) is 6.04 Å². The smallest absolute Gasteiger partial charge is 0.100 e. The van der Waals surface area contributed by atoms with Crippen molar-refractivity contribution < 1.29 is 4.74 Å². The van der Waals surface area contributed by atoms with Gasteiger partial charge in [-0.1, -0.05) is 5.21 Å². The largest absolute Gasteiger partial charge is 0.377 e. The fourth-order valence-corrected chi connectivity index (χ4v) is 1.30. The summed E-state index contributed by atoms with van der Waals surface area (Å²) < 4.78 is 7.00. The van der Waals surface area contributed by atoms with Crippen molar-refractivity contribution in [2.45, 2.75) is 38.9 Å². The number of nitrogens with zero attached hydrogens (tertiary/aromatic N) is 3. The van der Waals surface area contributed by atoms with Crippen molar-refractivity contribution in [2.24, 2.45) is 0 Å². The molecular formula is C10H18N4O. The predicted molar refractivity (Wildman–Crippen MR) is 56.5 cm³/mol. The minimum Gasteiger partial charge on any atom is -0.377 e. The Bertz CT molecular complexity index is 324. The van der Waals surface area contributed by atoms with Gasteiger partial charge in [-0.25, -0.2) is 4.68 Å². The monoisotopic (exact) mass is 210 g/mol. The first kappa shape index (κ1) is 10.6. The van der Waals surface area contributed by atoms with Gasteiger partial charge in [0.15, 0.2) is 0 Å². The van der Waals surface area contributed by atoms with Crippen molar-refractivity contribution in [3.05, 3.63) is 11.9 Å². The van der Waals surface area contributed by atoms with Crippen LogP contribution in [-0.2, 0) is 11.3 Å². The molecule has 1 aromatic heterocycles. The summed E-state index contributed by atoms with van der Waals surface area (Å²) in [5.74, 6) is 0. The van der Waals surface area contributed by atoms with Crippen LogP contribution in [0.4, 0.5) is 0 Å². The molecule has 1 N–H and O–H groups in total. The normalized spacial score (nSPS) is 17.8. The quantitative estimate of drug-likeness (QED) is 0.799. The third-order valence-electron chi connectivity index (χ3n) is 2.35. The maximum atomic E-state index is 5.11. The van der Waals surface area contributed by atoms with Crippen LogP contribution in [-0.4, -0.2) is 33.7 Å². The van der Waals surface area contributed by atoms with Crippen molar-refractivity contribution in [3.8, 4) is 0 Å². The zero-order chi connectivity index (χ0) is 10.9. The first-order valence-corrected chi connectivity index (χ1v) is 5.28. The van der Waals surface area contributed by atoms with Crippen molar-refractivity contribution in [1.29, 1.82) is 0 Å². The molecule has 0 bridgehead atoms. The van der Waals surface area contributed by atoms with Crippen LogP contribution in [0.2, 0.25) is 0 Å². The van der Waals surface area contributed by atoms with Gasteiger partial charge in [-0.15, -0.1) is 5.10 Å². The molecule has 2 heterocycles. The number of rotatable bonds is 3. The van der Waals surface area contributed by atoms with Crippen LogP contribution >= 0.6 is 0 Å². The molecule has 84 valence electrons. The molecule has 0 unspecified atom stereocenters. The lowest BCUT2D eigenvalue weighted by Gasteiger charge is -2.25. The Kier molecular flexibility index (Phi) is 2.75. The minimum absolute atomic E-state index is 0.114. The second-order valence-corrected chi connectivity index (χ2v) is 4.98. The highest BCUT2D eigenvalue weighted by molar-refractivity contribution is 4.95. The zero-order valence-corrected chi connectivity index (χ0v) is 9.53. The molecule has 0 amide bonds. The Morgan fingerprint density at radius 1 is 1.53 bits per heavy atom. The first-order valence-electron chi connectivity index (χ1n) is 5.28. The van der Waals surface area contributed by atoms with Crippen LogP contribution in [0.15, 0.2) is 6.20 Å². The molecule has 1 aliphatic heterocycles. The molecule has 0 saturated carbocycles. The van der Waals surface area contributed by atoms with Crippen LogP contribution in [0.5, 0.6) is 0 Å².